The molecule has 7 nitrogen and oxygen atoms in total. The summed E-state index contributed by atoms with van der Waals surface area (Å²) >= 11 is 0. The van der Waals surface area contributed by atoms with E-state index in [1.54, 1.807) is 6.20 Å². The van der Waals surface area contributed by atoms with Gasteiger partial charge >= 0.3 is 0 Å². The first-order valence-electron chi connectivity index (χ1n) is 13.0. The zero-order chi connectivity index (χ0) is 25.4. The van der Waals surface area contributed by atoms with Gasteiger partial charge < -0.3 is 9.80 Å². The van der Waals surface area contributed by atoms with E-state index in [4.69, 9.17) is 0 Å². The highest BCUT2D eigenvalue weighted by atomic mass is 16.2. The molecule has 188 valence electrons. The Kier molecular flexibility index (Phi) is 5.99. The van der Waals surface area contributed by atoms with Crippen LogP contribution >= 0.6 is 0 Å². The molecule has 1 saturated carbocycles. The average Bonchev–Trinajstić information content (AvgIpc) is 3.75. The number of anilines is 1. The maximum Gasteiger partial charge on any atom is 0.241 e. The number of benzene rings is 2. The van der Waals surface area contributed by atoms with E-state index in [0.29, 0.717) is 26.2 Å². The molecule has 2 aromatic carbocycles. The van der Waals surface area contributed by atoms with Crippen LogP contribution in [0.5, 0.6) is 0 Å². The number of pyridine rings is 1. The lowest BCUT2D eigenvalue weighted by atomic mass is 9.75. The second-order valence-electron chi connectivity index (χ2n) is 10.2. The van der Waals surface area contributed by atoms with Crippen molar-refractivity contribution >= 4 is 23.5 Å². The second kappa shape index (κ2) is 9.47. The number of amides is 3. The molecule has 0 bridgehead atoms. The van der Waals surface area contributed by atoms with Crippen LogP contribution in [-0.4, -0.2) is 64.7 Å². The molecule has 1 atom stereocenters. The maximum absolute atomic E-state index is 13.8. The molecule has 1 aromatic heterocycles. The first-order chi connectivity index (χ1) is 18.0. The lowest BCUT2D eigenvalue weighted by Crippen LogP contribution is -2.51. The Morgan fingerprint density at radius 2 is 1.51 bits per heavy atom. The summed E-state index contributed by atoms with van der Waals surface area (Å²) in [5, 5.41) is 0. The van der Waals surface area contributed by atoms with Gasteiger partial charge in [-0.25, -0.2) is 4.98 Å². The quantitative estimate of drug-likeness (QED) is 0.489. The summed E-state index contributed by atoms with van der Waals surface area (Å²) in [6.07, 6.45) is 3.53. The molecule has 3 heterocycles. The number of nitrogens with zero attached hydrogens (tertiary/aromatic N) is 4. The summed E-state index contributed by atoms with van der Waals surface area (Å²) < 4.78 is 0. The van der Waals surface area contributed by atoms with Gasteiger partial charge in [0.1, 0.15) is 5.82 Å². The highest BCUT2D eigenvalue weighted by Crippen LogP contribution is 2.45. The van der Waals surface area contributed by atoms with E-state index in [0.717, 1.165) is 35.3 Å². The fraction of sp³-hybridized carbons (Fsp3) is 0.333. The van der Waals surface area contributed by atoms with Crippen LogP contribution in [0.25, 0.3) is 11.1 Å². The van der Waals surface area contributed by atoms with E-state index >= 15 is 0 Å². The summed E-state index contributed by atoms with van der Waals surface area (Å²) in [6.45, 7) is 2.49. The van der Waals surface area contributed by atoms with Crippen molar-refractivity contribution in [3.05, 3.63) is 84.6 Å². The lowest BCUT2D eigenvalue weighted by Gasteiger charge is -2.37. The van der Waals surface area contributed by atoms with Crippen LogP contribution in [0.2, 0.25) is 0 Å². The Bertz CT molecular complexity index is 1300. The molecule has 3 fully saturated rings. The zero-order valence-corrected chi connectivity index (χ0v) is 20.8. The molecule has 2 saturated heterocycles. The lowest BCUT2D eigenvalue weighted by molar-refractivity contribution is -0.143. The SMILES string of the molecule is O=C(C[C@]1(c2ccc(-c3ccccc3)cc2)CC(=O)N(C2CC2)C1=O)N1CCN(c2ccccn2)CC1. The maximum atomic E-state index is 13.8. The third-order valence-electron chi connectivity index (χ3n) is 7.87. The van der Waals surface area contributed by atoms with Crippen molar-refractivity contribution in [2.24, 2.45) is 0 Å². The Labute approximate surface area is 216 Å². The van der Waals surface area contributed by atoms with Crippen LogP contribution in [0, 0.1) is 0 Å². The van der Waals surface area contributed by atoms with Crippen LogP contribution < -0.4 is 4.90 Å². The molecule has 0 N–H and O–H groups in total. The van der Waals surface area contributed by atoms with Gasteiger partial charge in [0.25, 0.3) is 0 Å². The summed E-state index contributed by atoms with van der Waals surface area (Å²) in [6, 6.07) is 23.7. The minimum atomic E-state index is -1.15. The van der Waals surface area contributed by atoms with Gasteiger partial charge in [-0.05, 0) is 41.7 Å². The number of hydrogen-bond acceptors (Lipinski definition) is 5. The topological polar surface area (TPSA) is 73.8 Å². The molecule has 3 amide bonds. The first kappa shape index (κ1) is 23.4. The second-order valence-corrected chi connectivity index (χ2v) is 10.2. The van der Waals surface area contributed by atoms with Gasteiger partial charge in [0.2, 0.25) is 17.7 Å². The van der Waals surface area contributed by atoms with Gasteiger partial charge in [-0.3, -0.25) is 19.3 Å². The summed E-state index contributed by atoms with van der Waals surface area (Å²) in [5.74, 6) is 0.452. The van der Waals surface area contributed by atoms with Crippen molar-refractivity contribution in [1.29, 1.82) is 0 Å². The Morgan fingerprint density at radius 1 is 0.838 bits per heavy atom. The van der Waals surface area contributed by atoms with Crippen molar-refractivity contribution < 1.29 is 14.4 Å². The highest BCUT2D eigenvalue weighted by molar-refractivity contribution is 6.11. The van der Waals surface area contributed by atoms with Crippen LogP contribution in [-0.2, 0) is 19.8 Å². The number of carbonyl (C=O) groups excluding carboxylic acids is 3. The highest BCUT2D eigenvalue weighted by Gasteiger charge is 2.57. The molecule has 6 rings (SSSR count). The first-order valence-corrected chi connectivity index (χ1v) is 13.0. The normalized spacial score (nSPS) is 22.0. The summed E-state index contributed by atoms with van der Waals surface area (Å²) in [7, 11) is 0. The third-order valence-corrected chi connectivity index (χ3v) is 7.87. The standard InChI is InChI=1S/C30H30N4O3/c35-27(33-18-16-32(17-19-33)26-8-4-5-15-31-26)20-30(21-28(36)34(29(30)37)25-13-14-25)24-11-9-23(10-12-24)22-6-2-1-3-7-22/h1-12,15,25H,13-14,16-21H2/t30-/m1/s1. The Morgan fingerprint density at radius 3 is 2.16 bits per heavy atom. The van der Waals surface area contributed by atoms with E-state index in [1.807, 2.05) is 77.7 Å². The predicted octanol–water partition coefficient (Wildman–Crippen LogP) is 3.65. The van der Waals surface area contributed by atoms with Gasteiger partial charge in [-0.15, -0.1) is 0 Å². The van der Waals surface area contributed by atoms with Gasteiger partial charge in [0.15, 0.2) is 0 Å². The van der Waals surface area contributed by atoms with Crippen LogP contribution in [0.4, 0.5) is 5.82 Å². The minimum Gasteiger partial charge on any atom is -0.353 e. The van der Waals surface area contributed by atoms with Crippen molar-refractivity contribution in [3.8, 4) is 11.1 Å². The van der Waals surface area contributed by atoms with Gasteiger partial charge in [0, 0.05) is 51.3 Å². The number of likely N-dealkylation sites (tertiary alicyclic amines) is 1. The van der Waals surface area contributed by atoms with Gasteiger partial charge in [-0.1, -0.05) is 60.7 Å². The van der Waals surface area contributed by atoms with E-state index in [2.05, 4.69) is 9.88 Å². The molecular weight excluding hydrogens is 464 g/mol. The van der Waals surface area contributed by atoms with Crippen LogP contribution in [0.15, 0.2) is 79.0 Å². The molecule has 0 unspecified atom stereocenters. The van der Waals surface area contributed by atoms with Gasteiger partial charge in [-0.2, -0.15) is 0 Å². The van der Waals surface area contributed by atoms with Crippen molar-refractivity contribution in [2.75, 3.05) is 31.1 Å². The molecular formula is C30H30N4O3. The van der Waals surface area contributed by atoms with Crippen LogP contribution in [0.3, 0.4) is 0 Å². The summed E-state index contributed by atoms with van der Waals surface area (Å²) in [5.41, 5.74) is 1.71. The molecule has 3 aliphatic rings. The number of hydrogen-bond donors (Lipinski definition) is 0. The molecule has 0 spiro atoms. The summed E-state index contributed by atoms with van der Waals surface area (Å²) in [4.78, 5) is 50.4. The average molecular weight is 495 g/mol. The van der Waals surface area contributed by atoms with Crippen molar-refractivity contribution in [1.82, 2.24) is 14.8 Å². The predicted molar refractivity (Wildman–Crippen MR) is 141 cm³/mol. The number of imide groups is 1. The number of piperazine rings is 1. The van der Waals surface area contributed by atoms with Crippen LogP contribution in [0.1, 0.15) is 31.2 Å². The van der Waals surface area contributed by atoms with Gasteiger partial charge in [0.05, 0.1) is 5.41 Å². The van der Waals surface area contributed by atoms with E-state index in [-0.39, 0.29) is 36.6 Å². The van der Waals surface area contributed by atoms with E-state index in [9.17, 15) is 14.4 Å². The fourth-order valence-electron chi connectivity index (χ4n) is 5.64. The fourth-order valence-corrected chi connectivity index (χ4v) is 5.64. The molecule has 3 aromatic rings. The van der Waals surface area contributed by atoms with Crippen molar-refractivity contribution in [2.45, 2.75) is 37.1 Å². The molecule has 2 aliphatic heterocycles. The zero-order valence-electron chi connectivity index (χ0n) is 20.8. The smallest absolute Gasteiger partial charge is 0.241 e. The Balaban J connectivity index is 1.25. The number of rotatable bonds is 6. The minimum absolute atomic E-state index is 0.00899. The van der Waals surface area contributed by atoms with E-state index < -0.39 is 5.41 Å². The monoisotopic (exact) mass is 494 g/mol. The molecule has 0 radical (unpaired) electrons. The van der Waals surface area contributed by atoms with E-state index in [1.165, 1.54) is 4.90 Å². The number of aromatic nitrogens is 1. The molecule has 1 aliphatic carbocycles. The molecule has 7 heteroatoms. The number of carbonyl (C=O) groups is 3. The Hall–Kier alpha value is -4.00. The largest absolute Gasteiger partial charge is 0.353 e. The van der Waals surface area contributed by atoms with Crippen molar-refractivity contribution in [3.63, 3.8) is 0 Å². The third kappa shape index (κ3) is 4.39. The molecule has 37 heavy (non-hydrogen) atoms.